The summed E-state index contributed by atoms with van der Waals surface area (Å²) in [5.41, 5.74) is 0. The molecule has 1 aliphatic rings. The van der Waals surface area contributed by atoms with Gasteiger partial charge < -0.3 is 20.4 Å². The van der Waals surface area contributed by atoms with Gasteiger partial charge in [0, 0.05) is 18.8 Å². The van der Waals surface area contributed by atoms with Gasteiger partial charge in [-0.15, -0.1) is 0 Å². The Morgan fingerprint density at radius 1 is 1.16 bits per heavy atom. The van der Waals surface area contributed by atoms with Gasteiger partial charge >= 0.3 is 5.97 Å². The highest BCUT2D eigenvalue weighted by Crippen LogP contribution is 2.37. The molecule has 5 heteroatoms. The first-order valence-electron chi connectivity index (χ1n) is 9.55. The van der Waals surface area contributed by atoms with Gasteiger partial charge in [0.1, 0.15) is 0 Å². The predicted octanol–water partition coefficient (Wildman–Crippen LogP) is 3.04. The predicted molar refractivity (Wildman–Crippen MR) is 98.1 cm³/mol. The number of allylic oxidation sites excluding steroid dienone is 1. The summed E-state index contributed by atoms with van der Waals surface area (Å²) in [6, 6.07) is 0. The molecular weight excluding hydrogens is 320 g/mol. The van der Waals surface area contributed by atoms with Crippen molar-refractivity contribution in [2.24, 2.45) is 11.8 Å². The summed E-state index contributed by atoms with van der Waals surface area (Å²) >= 11 is 0. The minimum absolute atomic E-state index is 0.0706. The summed E-state index contributed by atoms with van der Waals surface area (Å²) in [7, 11) is 0. The van der Waals surface area contributed by atoms with Crippen LogP contribution < -0.4 is 0 Å². The van der Waals surface area contributed by atoms with Gasteiger partial charge in [-0.3, -0.25) is 4.79 Å². The molecule has 1 rings (SSSR count). The second kappa shape index (κ2) is 12.2. The average molecular weight is 354 g/mol. The smallest absolute Gasteiger partial charge is 0.303 e. The highest BCUT2D eigenvalue weighted by molar-refractivity contribution is 5.66. The van der Waals surface area contributed by atoms with Crippen LogP contribution in [0.5, 0.6) is 0 Å². The van der Waals surface area contributed by atoms with Crippen molar-refractivity contribution in [3.05, 3.63) is 24.3 Å². The van der Waals surface area contributed by atoms with E-state index in [4.69, 9.17) is 5.11 Å². The maximum Gasteiger partial charge on any atom is 0.303 e. The van der Waals surface area contributed by atoms with E-state index < -0.39 is 24.3 Å². The summed E-state index contributed by atoms with van der Waals surface area (Å²) in [5.74, 6) is -1.23. The minimum atomic E-state index is -0.846. The number of aliphatic hydroxyl groups is 3. The molecule has 0 bridgehead atoms. The molecule has 0 heterocycles. The van der Waals surface area contributed by atoms with Gasteiger partial charge in [0.05, 0.1) is 18.3 Å². The quantitative estimate of drug-likeness (QED) is 0.319. The van der Waals surface area contributed by atoms with Crippen LogP contribution in [0.1, 0.15) is 64.7 Å². The number of carbonyl (C=O) groups is 1. The topological polar surface area (TPSA) is 98.0 Å². The minimum Gasteiger partial charge on any atom is -0.481 e. The fourth-order valence-electron chi connectivity index (χ4n) is 3.47. The number of carboxylic acid groups (broad SMARTS) is 1. The number of unbranched alkanes of at least 4 members (excludes halogenated alkanes) is 3. The molecule has 0 saturated heterocycles. The fraction of sp³-hybridized carbons (Fsp3) is 0.750. The van der Waals surface area contributed by atoms with E-state index in [1.807, 2.05) is 6.08 Å². The van der Waals surface area contributed by atoms with Crippen molar-refractivity contribution < 1.29 is 25.2 Å². The Balaban J connectivity index is 2.44. The van der Waals surface area contributed by atoms with Gasteiger partial charge in [-0.1, -0.05) is 44.1 Å². The Morgan fingerprint density at radius 3 is 2.60 bits per heavy atom. The summed E-state index contributed by atoms with van der Waals surface area (Å²) in [6.07, 6.45) is 12.3. The van der Waals surface area contributed by atoms with Crippen LogP contribution in [0.15, 0.2) is 24.3 Å². The van der Waals surface area contributed by atoms with Gasteiger partial charge in [-0.2, -0.15) is 0 Å². The molecule has 1 aliphatic carbocycles. The molecule has 0 radical (unpaired) electrons. The Labute approximate surface area is 151 Å². The molecule has 0 amide bonds. The second-order valence-corrected chi connectivity index (χ2v) is 7.05. The third-order valence-electron chi connectivity index (χ3n) is 4.92. The largest absolute Gasteiger partial charge is 0.481 e. The number of hydrogen-bond acceptors (Lipinski definition) is 4. The molecule has 0 unspecified atom stereocenters. The number of carboxylic acids is 1. The zero-order valence-corrected chi connectivity index (χ0v) is 15.3. The number of aliphatic carboxylic acids is 1. The lowest BCUT2D eigenvalue weighted by Gasteiger charge is -2.20. The lowest BCUT2D eigenvalue weighted by molar-refractivity contribution is -0.137. The Hall–Kier alpha value is -1.17. The van der Waals surface area contributed by atoms with Crippen molar-refractivity contribution in [1.29, 1.82) is 0 Å². The molecule has 1 fully saturated rings. The van der Waals surface area contributed by atoms with E-state index in [0.29, 0.717) is 25.7 Å². The fourth-order valence-corrected chi connectivity index (χ4v) is 3.47. The molecule has 0 aromatic carbocycles. The van der Waals surface area contributed by atoms with Gasteiger partial charge in [-0.25, -0.2) is 0 Å². The number of aliphatic hydroxyl groups excluding tert-OH is 3. The van der Waals surface area contributed by atoms with Crippen LogP contribution in [0.3, 0.4) is 0 Å². The highest BCUT2D eigenvalue weighted by atomic mass is 16.4. The van der Waals surface area contributed by atoms with Crippen LogP contribution in [0, 0.1) is 11.8 Å². The van der Waals surface area contributed by atoms with E-state index in [1.54, 1.807) is 12.2 Å². The Kier molecular flexibility index (Phi) is 10.7. The van der Waals surface area contributed by atoms with Crippen molar-refractivity contribution in [2.75, 3.05) is 0 Å². The Bertz CT molecular complexity index is 432. The third kappa shape index (κ3) is 8.66. The summed E-state index contributed by atoms with van der Waals surface area (Å²) in [4.78, 5) is 10.6. The summed E-state index contributed by atoms with van der Waals surface area (Å²) < 4.78 is 0. The van der Waals surface area contributed by atoms with Crippen LogP contribution in [-0.4, -0.2) is 44.7 Å². The van der Waals surface area contributed by atoms with Crippen molar-refractivity contribution in [3.63, 3.8) is 0 Å². The van der Waals surface area contributed by atoms with Crippen LogP contribution in [0.25, 0.3) is 0 Å². The Morgan fingerprint density at radius 2 is 1.92 bits per heavy atom. The lowest BCUT2D eigenvalue weighted by atomic mass is 9.88. The maximum atomic E-state index is 10.6. The van der Waals surface area contributed by atoms with E-state index in [1.165, 1.54) is 19.3 Å². The highest BCUT2D eigenvalue weighted by Gasteiger charge is 2.39. The molecule has 144 valence electrons. The SMILES string of the molecule is CCCCC/C=C\C[C@H](O)/C=C/[C@@H]1[C@H](CCCC(=O)O)[C@@H](O)C[C@H]1O. The van der Waals surface area contributed by atoms with Crippen LogP contribution >= 0.6 is 0 Å². The molecule has 0 aromatic rings. The maximum absolute atomic E-state index is 10.6. The van der Waals surface area contributed by atoms with Gasteiger partial charge in [0.25, 0.3) is 0 Å². The molecule has 5 atom stereocenters. The average Bonchev–Trinajstić information content (AvgIpc) is 2.82. The van der Waals surface area contributed by atoms with Crippen LogP contribution in [-0.2, 0) is 4.79 Å². The third-order valence-corrected chi connectivity index (χ3v) is 4.92. The molecular formula is C20H34O5. The summed E-state index contributed by atoms with van der Waals surface area (Å²) in [6.45, 7) is 2.17. The van der Waals surface area contributed by atoms with Crippen molar-refractivity contribution in [3.8, 4) is 0 Å². The molecule has 1 saturated carbocycles. The van der Waals surface area contributed by atoms with E-state index in [2.05, 4.69) is 13.0 Å². The van der Waals surface area contributed by atoms with Crippen LogP contribution in [0.4, 0.5) is 0 Å². The van der Waals surface area contributed by atoms with E-state index in [0.717, 1.165) is 6.42 Å². The normalized spacial score (nSPS) is 28.2. The molecule has 5 nitrogen and oxygen atoms in total. The van der Waals surface area contributed by atoms with Gasteiger partial charge in [-0.05, 0) is 38.0 Å². The number of hydrogen-bond donors (Lipinski definition) is 4. The zero-order chi connectivity index (χ0) is 18.7. The second-order valence-electron chi connectivity index (χ2n) is 7.05. The van der Waals surface area contributed by atoms with Crippen molar-refractivity contribution in [2.45, 2.75) is 83.0 Å². The standard InChI is InChI=1S/C20H34O5/c1-2-3-4-5-6-7-9-15(21)12-13-17-16(10-8-11-20(24)25)18(22)14-19(17)23/h6-7,12-13,15-19,21-23H,2-5,8-11,14H2,1H3,(H,24,25)/b7-6-,13-12+/t15-,16-,17+,18-,19+/m0/s1. The first kappa shape index (κ1) is 21.9. The molecule has 25 heavy (non-hydrogen) atoms. The van der Waals surface area contributed by atoms with E-state index in [9.17, 15) is 20.1 Å². The van der Waals surface area contributed by atoms with E-state index in [-0.39, 0.29) is 18.3 Å². The van der Waals surface area contributed by atoms with E-state index >= 15 is 0 Å². The molecule has 4 N–H and O–H groups in total. The van der Waals surface area contributed by atoms with Gasteiger partial charge in [0.2, 0.25) is 0 Å². The summed E-state index contributed by atoms with van der Waals surface area (Å²) in [5, 5.41) is 39.0. The number of rotatable bonds is 12. The molecule has 0 aromatic heterocycles. The lowest BCUT2D eigenvalue weighted by Crippen LogP contribution is -2.21. The molecule has 0 spiro atoms. The molecule has 0 aliphatic heterocycles. The van der Waals surface area contributed by atoms with Crippen molar-refractivity contribution in [1.82, 2.24) is 0 Å². The first-order valence-corrected chi connectivity index (χ1v) is 9.55. The van der Waals surface area contributed by atoms with Crippen LogP contribution in [0.2, 0.25) is 0 Å². The van der Waals surface area contributed by atoms with Gasteiger partial charge in [0.15, 0.2) is 0 Å². The zero-order valence-electron chi connectivity index (χ0n) is 15.3. The first-order chi connectivity index (χ1) is 12.0. The van der Waals surface area contributed by atoms with Crippen molar-refractivity contribution >= 4 is 5.97 Å². The monoisotopic (exact) mass is 354 g/mol.